The Morgan fingerprint density at radius 1 is 1.50 bits per heavy atom. The van der Waals surface area contributed by atoms with Gasteiger partial charge in [-0.25, -0.2) is 0 Å². The molecule has 0 saturated carbocycles. The second-order valence-electron chi connectivity index (χ2n) is 3.96. The van der Waals surface area contributed by atoms with E-state index in [9.17, 15) is 9.90 Å². The van der Waals surface area contributed by atoms with Crippen LogP contribution in [0.2, 0.25) is 0 Å². The van der Waals surface area contributed by atoms with E-state index in [1.54, 1.807) is 11.1 Å². The summed E-state index contributed by atoms with van der Waals surface area (Å²) in [6, 6.07) is 0. The fraction of sp³-hybridized carbons (Fsp3) is 0.667. The van der Waals surface area contributed by atoms with E-state index < -0.39 is 30.9 Å². The third-order valence-electron chi connectivity index (χ3n) is 3.01. The van der Waals surface area contributed by atoms with Crippen LogP contribution in [-0.2, 0) is 14.3 Å². The zero-order valence-electron chi connectivity index (χ0n) is 8.31. The van der Waals surface area contributed by atoms with Gasteiger partial charge in [-0.2, -0.15) is 0 Å². The van der Waals surface area contributed by atoms with Gasteiger partial charge in [-0.1, -0.05) is 0 Å². The summed E-state index contributed by atoms with van der Waals surface area (Å²) in [5.41, 5.74) is 0. The van der Waals surface area contributed by atoms with Crippen LogP contribution in [0.4, 0.5) is 0 Å². The lowest BCUT2D eigenvalue weighted by Gasteiger charge is -2.29. The number of hydrogen-bond acceptors (Lipinski definition) is 6. The highest BCUT2D eigenvalue weighted by molar-refractivity contribution is 5.88. The maximum atomic E-state index is 11.1. The largest absolute Gasteiger partial charge is 0.394 e. The van der Waals surface area contributed by atoms with Gasteiger partial charge in [0, 0.05) is 12.3 Å². The highest BCUT2D eigenvalue weighted by Crippen LogP contribution is 2.34. The summed E-state index contributed by atoms with van der Waals surface area (Å²) < 4.78 is 10.9. The van der Waals surface area contributed by atoms with E-state index in [0.29, 0.717) is 0 Å². The van der Waals surface area contributed by atoms with Crippen molar-refractivity contribution < 1.29 is 24.5 Å². The van der Waals surface area contributed by atoms with E-state index in [1.165, 1.54) is 6.08 Å². The van der Waals surface area contributed by atoms with Crippen LogP contribution in [-0.4, -0.2) is 58.5 Å². The van der Waals surface area contributed by atoms with Crippen molar-refractivity contribution in [3.63, 3.8) is 0 Å². The van der Waals surface area contributed by atoms with Gasteiger partial charge >= 0.3 is 0 Å². The lowest BCUT2D eigenvalue weighted by atomic mass is 10.1. The first-order chi connectivity index (χ1) is 7.70. The number of carbonyl (C=O) groups excluding carboxylic acids is 1. The molecule has 0 spiro atoms. The molecule has 7 nitrogen and oxygen atoms in total. The molecule has 2 saturated heterocycles. The highest BCUT2D eigenvalue weighted by atomic mass is 16.6. The summed E-state index contributed by atoms with van der Waals surface area (Å²) in [7, 11) is 0. The molecule has 7 heteroatoms. The van der Waals surface area contributed by atoms with Crippen LogP contribution >= 0.6 is 0 Å². The number of aliphatic hydroxyl groups excluding tert-OH is 2. The van der Waals surface area contributed by atoms with Gasteiger partial charge in [0.25, 0.3) is 0 Å². The molecule has 5 atom stereocenters. The Hall–Kier alpha value is -1.15. The molecule has 0 radical (unpaired) electrons. The van der Waals surface area contributed by atoms with Crippen LogP contribution in [0.1, 0.15) is 0 Å². The molecule has 16 heavy (non-hydrogen) atoms. The van der Waals surface area contributed by atoms with Crippen LogP contribution in [0.25, 0.3) is 0 Å². The van der Waals surface area contributed by atoms with E-state index in [2.05, 4.69) is 5.32 Å². The fourth-order valence-corrected chi connectivity index (χ4v) is 2.20. The third-order valence-corrected chi connectivity index (χ3v) is 3.01. The van der Waals surface area contributed by atoms with E-state index >= 15 is 0 Å². The summed E-state index contributed by atoms with van der Waals surface area (Å²) in [6.45, 7) is -0.258. The maximum absolute atomic E-state index is 11.1. The van der Waals surface area contributed by atoms with Crippen LogP contribution in [0.3, 0.4) is 0 Å². The summed E-state index contributed by atoms with van der Waals surface area (Å²) in [5, 5.41) is 21.4. The highest BCUT2D eigenvalue weighted by Gasteiger charge is 2.54. The van der Waals surface area contributed by atoms with Crippen molar-refractivity contribution in [2.45, 2.75) is 30.9 Å². The van der Waals surface area contributed by atoms with Crippen molar-refractivity contribution in [3.05, 3.63) is 12.3 Å². The summed E-state index contributed by atoms with van der Waals surface area (Å²) >= 11 is 0. The van der Waals surface area contributed by atoms with Gasteiger partial charge in [0.2, 0.25) is 12.3 Å². The van der Waals surface area contributed by atoms with Crippen LogP contribution < -0.4 is 5.32 Å². The van der Waals surface area contributed by atoms with E-state index in [1.807, 2.05) is 0 Å². The third kappa shape index (κ3) is 1.26. The zero-order valence-corrected chi connectivity index (χ0v) is 8.31. The molecule has 0 bridgehead atoms. The Kier molecular flexibility index (Phi) is 2.15. The van der Waals surface area contributed by atoms with Gasteiger partial charge in [0.1, 0.15) is 18.3 Å². The second kappa shape index (κ2) is 3.42. The Bertz CT molecular complexity index is 347. The lowest BCUT2D eigenvalue weighted by Crippen LogP contribution is -2.48. The molecule has 0 aromatic heterocycles. The Balaban J connectivity index is 1.82. The van der Waals surface area contributed by atoms with Crippen molar-refractivity contribution in [2.24, 2.45) is 0 Å². The number of fused-ring (bicyclic) bond motifs is 3. The van der Waals surface area contributed by atoms with E-state index in [4.69, 9.17) is 14.6 Å². The van der Waals surface area contributed by atoms with Crippen LogP contribution in [0.15, 0.2) is 12.3 Å². The predicted molar refractivity (Wildman–Crippen MR) is 49.5 cm³/mol. The first-order valence-electron chi connectivity index (χ1n) is 5.06. The molecule has 3 heterocycles. The van der Waals surface area contributed by atoms with Crippen molar-refractivity contribution >= 4 is 5.91 Å². The van der Waals surface area contributed by atoms with Gasteiger partial charge in [0.05, 0.1) is 6.61 Å². The molecule has 0 aromatic carbocycles. The smallest absolute Gasteiger partial charge is 0.248 e. The molecule has 3 rings (SSSR count). The number of nitrogens with one attached hydrogen (secondary N) is 1. The molecule has 5 unspecified atom stereocenters. The Morgan fingerprint density at radius 3 is 3.06 bits per heavy atom. The van der Waals surface area contributed by atoms with Gasteiger partial charge in [-0.05, 0) is 0 Å². The quantitative estimate of drug-likeness (QED) is 0.467. The van der Waals surface area contributed by atoms with Crippen molar-refractivity contribution in [3.8, 4) is 0 Å². The number of hydrogen-bond donors (Lipinski definition) is 3. The summed E-state index contributed by atoms with van der Waals surface area (Å²) in [5.74, 6) is -0.241. The van der Waals surface area contributed by atoms with Gasteiger partial charge < -0.3 is 29.9 Å². The van der Waals surface area contributed by atoms with Crippen molar-refractivity contribution in [1.82, 2.24) is 10.2 Å². The van der Waals surface area contributed by atoms with Crippen molar-refractivity contribution in [1.29, 1.82) is 0 Å². The normalized spacial score (nSPS) is 45.5. The molecule has 3 aliphatic heterocycles. The SMILES string of the molecule is O=C1C=CN2C(N1)OC1C(O)C(CO)OC12. The average molecular weight is 228 g/mol. The molecule has 3 aliphatic rings. The molecule has 1 amide bonds. The lowest BCUT2D eigenvalue weighted by molar-refractivity contribution is -0.133. The number of rotatable bonds is 1. The zero-order chi connectivity index (χ0) is 11.3. The average Bonchev–Trinajstić information content (AvgIpc) is 2.75. The first-order valence-corrected chi connectivity index (χ1v) is 5.06. The minimum atomic E-state index is -0.883. The topological polar surface area (TPSA) is 91.3 Å². The minimum Gasteiger partial charge on any atom is -0.394 e. The second-order valence-corrected chi connectivity index (χ2v) is 3.96. The monoisotopic (exact) mass is 228 g/mol. The standard InChI is InChI=1S/C9H12N2O5/c12-3-4-6(14)7-8(15-4)11-2-1-5(13)10-9(11)16-7/h1-2,4,6-9,12,14H,3H2,(H,10,13). The maximum Gasteiger partial charge on any atom is 0.248 e. The molecule has 2 fully saturated rings. The van der Waals surface area contributed by atoms with Gasteiger partial charge in [-0.3, -0.25) is 4.79 Å². The molecule has 0 aliphatic carbocycles. The van der Waals surface area contributed by atoms with Crippen LogP contribution in [0, 0.1) is 0 Å². The Morgan fingerprint density at radius 2 is 2.31 bits per heavy atom. The first kappa shape index (κ1) is 10.0. The molecule has 0 aromatic rings. The molecular formula is C9H12N2O5. The molecule has 88 valence electrons. The molecular weight excluding hydrogens is 216 g/mol. The summed E-state index contributed by atoms with van der Waals surface area (Å²) in [6.07, 6.45) is -0.195. The number of aliphatic hydroxyl groups is 2. The number of carbonyl (C=O) groups is 1. The number of nitrogens with zero attached hydrogens (tertiary/aromatic N) is 1. The van der Waals surface area contributed by atoms with E-state index in [-0.39, 0.29) is 12.5 Å². The minimum absolute atomic E-state index is 0.241. The molecule has 3 N–H and O–H groups in total. The summed E-state index contributed by atoms with van der Waals surface area (Å²) in [4.78, 5) is 12.8. The van der Waals surface area contributed by atoms with Gasteiger partial charge in [0.15, 0.2) is 6.23 Å². The number of amides is 1. The van der Waals surface area contributed by atoms with Crippen molar-refractivity contribution in [2.75, 3.05) is 6.61 Å². The number of ether oxygens (including phenoxy) is 2. The Labute approximate surface area is 91.2 Å². The van der Waals surface area contributed by atoms with Crippen LogP contribution in [0.5, 0.6) is 0 Å². The fourth-order valence-electron chi connectivity index (χ4n) is 2.20. The van der Waals surface area contributed by atoms with Gasteiger partial charge in [-0.15, -0.1) is 0 Å². The predicted octanol–water partition coefficient (Wildman–Crippen LogP) is -2.31. The van der Waals surface area contributed by atoms with E-state index in [0.717, 1.165) is 0 Å².